The number of rotatable bonds is 4. The van der Waals surface area contributed by atoms with Crippen LogP contribution in [0.5, 0.6) is 11.5 Å². The Morgan fingerprint density at radius 2 is 1.04 bits per heavy atom. The molecule has 0 unspecified atom stereocenters. The molecule has 2 rings (SSSR count). The summed E-state index contributed by atoms with van der Waals surface area (Å²) in [5, 5.41) is 21.4. The summed E-state index contributed by atoms with van der Waals surface area (Å²) in [5.74, 6) is 1.28. The zero-order valence-electron chi connectivity index (χ0n) is 15.1. The summed E-state index contributed by atoms with van der Waals surface area (Å²) in [5.41, 5.74) is 5.86. The van der Waals surface area contributed by atoms with E-state index in [1.807, 2.05) is 26.0 Å². The minimum Gasteiger partial charge on any atom is -0.507 e. The second kappa shape index (κ2) is 6.66. The molecule has 2 heteroatoms. The molecule has 0 aliphatic rings. The smallest absolute Gasteiger partial charge is 0.122 e. The highest BCUT2D eigenvalue weighted by atomic mass is 16.3. The van der Waals surface area contributed by atoms with Gasteiger partial charge < -0.3 is 10.2 Å². The molecule has 0 aromatic heterocycles. The number of hydrogen-bond donors (Lipinski definition) is 2. The molecule has 0 aliphatic carbocycles. The van der Waals surface area contributed by atoms with Gasteiger partial charge in [-0.3, -0.25) is 0 Å². The Morgan fingerprint density at radius 1 is 0.696 bits per heavy atom. The van der Waals surface area contributed by atoms with E-state index >= 15 is 0 Å². The van der Waals surface area contributed by atoms with Crippen molar-refractivity contribution in [2.75, 3.05) is 0 Å². The summed E-state index contributed by atoms with van der Waals surface area (Å²) >= 11 is 0. The van der Waals surface area contributed by atoms with E-state index in [0.717, 1.165) is 33.4 Å². The van der Waals surface area contributed by atoms with Gasteiger partial charge in [-0.25, -0.2) is 0 Å². The third-order valence-corrected chi connectivity index (χ3v) is 4.69. The van der Waals surface area contributed by atoms with Crippen LogP contribution in [0.2, 0.25) is 0 Å². The van der Waals surface area contributed by atoms with Crippen molar-refractivity contribution in [2.45, 2.75) is 59.8 Å². The maximum Gasteiger partial charge on any atom is 0.122 e. The lowest BCUT2D eigenvalue weighted by Crippen LogP contribution is -2.01. The van der Waals surface area contributed by atoms with Crippen LogP contribution in [0.15, 0.2) is 24.3 Å². The first-order valence-electron chi connectivity index (χ1n) is 8.36. The van der Waals surface area contributed by atoms with Crippen LogP contribution in [-0.4, -0.2) is 10.2 Å². The van der Waals surface area contributed by atoms with Crippen molar-refractivity contribution in [3.05, 3.63) is 57.6 Å². The van der Waals surface area contributed by atoms with Crippen LogP contribution >= 0.6 is 0 Å². The normalized spacial score (nSPS) is 11.5. The monoisotopic (exact) mass is 312 g/mol. The van der Waals surface area contributed by atoms with Gasteiger partial charge in [0.15, 0.2) is 0 Å². The molecule has 0 aliphatic heterocycles. The molecule has 0 bridgehead atoms. The van der Waals surface area contributed by atoms with Gasteiger partial charge in [-0.2, -0.15) is 0 Å². The number of benzene rings is 2. The van der Waals surface area contributed by atoms with Gasteiger partial charge >= 0.3 is 0 Å². The standard InChI is InChI=1S/C21H28O2/c1-12(2)16-9-7-14(5)18(20(16)22)11-19-15(6)8-10-17(13(3)4)21(19)23/h7-10,12-13,22-23H,11H2,1-6H3. The molecule has 0 radical (unpaired) electrons. The molecule has 124 valence electrons. The largest absolute Gasteiger partial charge is 0.507 e. The molecule has 0 amide bonds. The van der Waals surface area contributed by atoms with Crippen LogP contribution in [0, 0.1) is 13.8 Å². The first-order valence-corrected chi connectivity index (χ1v) is 8.36. The highest BCUT2D eigenvalue weighted by Crippen LogP contribution is 2.37. The van der Waals surface area contributed by atoms with E-state index in [1.54, 1.807) is 0 Å². The number of phenolic OH excluding ortho intramolecular Hbond substituents is 2. The topological polar surface area (TPSA) is 40.5 Å². The summed E-state index contributed by atoms with van der Waals surface area (Å²) in [6, 6.07) is 8.11. The van der Waals surface area contributed by atoms with E-state index in [9.17, 15) is 10.2 Å². The molecular formula is C21H28O2. The molecule has 0 heterocycles. The van der Waals surface area contributed by atoms with E-state index in [0.29, 0.717) is 17.9 Å². The molecule has 0 fully saturated rings. The van der Waals surface area contributed by atoms with Crippen LogP contribution in [0.3, 0.4) is 0 Å². The summed E-state index contributed by atoms with van der Waals surface area (Å²) in [6.45, 7) is 12.3. The Balaban J connectivity index is 2.56. The molecule has 2 N–H and O–H groups in total. The lowest BCUT2D eigenvalue weighted by molar-refractivity contribution is 0.451. The molecule has 0 atom stereocenters. The van der Waals surface area contributed by atoms with Crippen LogP contribution in [0.4, 0.5) is 0 Å². The second-order valence-corrected chi connectivity index (χ2v) is 7.08. The van der Waals surface area contributed by atoms with Gasteiger partial charge in [0.05, 0.1) is 0 Å². The van der Waals surface area contributed by atoms with E-state index in [2.05, 4.69) is 39.8 Å². The number of phenols is 2. The van der Waals surface area contributed by atoms with Crippen molar-refractivity contribution in [2.24, 2.45) is 0 Å². The molecular weight excluding hydrogens is 284 g/mol. The fourth-order valence-electron chi connectivity index (χ4n) is 3.07. The first kappa shape index (κ1) is 17.4. The van der Waals surface area contributed by atoms with Gasteiger partial charge in [0.25, 0.3) is 0 Å². The molecule has 0 spiro atoms. The number of hydrogen-bond acceptors (Lipinski definition) is 2. The van der Waals surface area contributed by atoms with Crippen molar-refractivity contribution in [3.63, 3.8) is 0 Å². The molecule has 2 nitrogen and oxygen atoms in total. The van der Waals surface area contributed by atoms with Crippen molar-refractivity contribution < 1.29 is 10.2 Å². The van der Waals surface area contributed by atoms with Gasteiger partial charge in [0, 0.05) is 17.5 Å². The Hall–Kier alpha value is -1.96. The average Bonchev–Trinajstić information content (AvgIpc) is 2.45. The lowest BCUT2D eigenvalue weighted by atomic mass is 9.89. The van der Waals surface area contributed by atoms with Gasteiger partial charge in [-0.15, -0.1) is 0 Å². The van der Waals surface area contributed by atoms with E-state index in [4.69, 9.17) is 0 Å². The summed E-state index contributed by atoms with van der Waals surface area (Å²) in [6.07, 6.45) is 0.552. The predicted octanol–water partition coefficient (Wildman–Crippen LogP) is 5.55. The van der Waals surface area contributed by atoms with Crippen LogP contribution in [0.25, 0.3) is 0 Å². The predicted molar refractivity (Wildman–Crippen MR) is 96.7 cm³/mol. The number of aryl methyl sites for hydroxylation is 2. The van der Waals surface area contributed by atoms with Crippen LogP contribution in [-0.2, 0) is 6.42 Å². The Labute approximate surface area is 139 Å². The SMILES string of the molecule is Cc1ccc(C(C)C)c(O)c1Cc1c(C)ccc(C(C)C)c1O. The Bertz CT molecular complexity index is 651. The maximum absolute atomic E-state index is 10.7. The average molecular weight is 312 g/mol. The second-order valence-electron chi connectivity index (χ2n) is 7.08. The minimum atomic E-state index is 0.269. The third-order valence-electron chi connectivity index (χ3n) is 4.69. The zero-order chi connectivity index (χ0) is 17.3. The Morgan fingerprint density at radius 3 is 1.35 bits per heavy atom. The van der Waals surface area contributed by atoms with Gasteiger partial charge in [-0.1, -0.05) is 52.0 Å². The van der Waals surface area contributed by atoms with Gasteiger partial charge in [0.1, 0.15) is 11.5 Å². The molecule has 0 saturated heterocycles. The van der Waals surface area contributed by atoms with Crippen LogP contribution in [0.1, 0.15) is 72.9 Å². The van der Waals surface area contributed by atoms with Gasteiger partial charge in [0.2, 0.25) is 0 Å². The Kier molecular flexibility index (Phi) is 5.03. The summed E-state index contributed by atoms with van der Waals surface area (Å²) < 4.78 is 0. The van der Waals surface area contributed by atoms with E-state index in [-0.39, 0.29) is 11.8 Å². The zero-order valence-corrected chi connectivity index (χ0v) is 15.1. The highest BCUT2D eigenvalue weighted by Gasteiger charge is 2.18. The number of aromatic hydroxyl groups is 2. The van der Waals surface area contributed by atoms with Crippen LogP contribution < -0.4 is 0 Å². The van der Waals surface area contributed by atoms with Crippen molar-refractivity contribution >= 4 is 0 Å². The van der Waals surface area contributed by atoms with Gasteiger partial charge in [-0.05, 0) is 47.9 Å². The molecule has 0 saturated carbocycles. The third kappa shape index (κ3) is 3.36. The quantitative estimate of drug-likeness (QED) is 0.776. The highest BCUT2D eigenvalue weighted by molar-refractivity contribution is 5.53. The van der Waals surface area contributed by atoms with Crippen molar-refractivity contribution in [1.82, 2.24) is 0 Å². The molecule has 2 aromatic rings. The molecule has 2 aromatic carbocycles. The van der Waals surface area contributed by atoms with Crippen molar-refractivity contribution in [3.8, 4) is 11.5 Å². The minimum absolute atomic E-state index is 0.269. The lowest BCUT2D eigenvalue weighted by Gasteiger charge is -2.19. The van der Waals surface area contributed by atoms with E-state index in [1.165, 1.54) is 0 Å². The summed E-state index contributed by atoms with van der Waals surface area (Å²) in [4.78, 5) is 0. The first-order chi connectivity index (χ1) is 10.7. The summed E-state index contributed by atoms with van der Waals surface area (Å²) in [7, 11) is 0. The van der Waals surface area contributed by atoms with E-state index < -0.39 is 0 Å². The fraction of sp³-hybridized carbons (Fsp3) is 0.429. The fourth-order valence-corrected chi connectivity index (χ4v) is 3.07. The molecule has 23 heavy (non-hydrogen) atoms. The maximum atomic E-state index is 10.7. The van der Waals surface area contributed by atoms with Crippen molar-refractivity contribution in [1.29, 1.82) is 0 Å².